The predicted octanol–water partition coefficient (Wildman–Crippen LogP) is 2.11. The maximum absolute atomic E-state index is 8.95. The maximum atomic E-state index is 8.95. The number of aliphatic hydroxyl groups is 1. The summed E-state index contributed by atoms with van der Waals surface area (Å²) < 4.78 is 5.20. The zero-order valence-electron chi connectivity index (χ0n) is 8.49. The van der Waals surface area contributed by atoms with Crippen molar-refractivity contribution in [3.05, 3.63) is 29.3 Å². The van der Waals surface area contributed by atoms with Gasteiger partial charge in [-0.2, -0.15) is 0 Å². The largest absolute Gasteiger partial charge is 0.497 e. The molecule has 0 fully saturated rings. The number of methoxy groups -OCH3 is 1. The molecule has 0 heterocycles. The second-order valence-corrected chi connectivity index (χ2v) is 3.81. The van der Waals surface area contributed by atoms with Crippen LogP contribution in [0.25, 0.3) is 0 Å². The van der Waals surface area contributed by atoms with E-state index in [2.05, 4.69) is 12.1 Å². The van der Waals surface area contributed by atoms with E-state index in [1.165, 1.54) is 17.5 Å². The minimum Gasteiger partial charge on any atom is -0.497 e. The Bertz CT molecular complexity index is 318. The summed E-state index contributed by atoms with van der Waals surface area (Å²) in [5.41, 5.74) is 2.79. The molecule has 1 atom stereocenters. The van der Waals surface area contributed by atoms with Gasteiger partial charge in [0.1, 0.15) is 5.75 Å². The molecule has 1 aromatic carbocycles. The predicted molar refractivity (Wildman–Crippen MR) is 55.8 cm³/mol. The van der Waals surface area contributed by atoms with Gasteiger partial charge in [-0.15, -0.1) is 0 Å². The Kier molecular flexibility index (Phi) is 2.73. The van der Waals surface area contributed by atoms with Crippen LogP contribution in [-0.2, 0) is 6.42 Å². The van der Waals surface area contributed by atoms with E-state index in [1.54, 1.807) is 7.11 Å². The number of aryl methyl sites for hydroxylation is 1. The summed E-state index contributed by atoms with van der Waals surface area (Å²) >= 11 is 0. The lowest BCUT2D eigenvalue weighted by Gasteiger charge is -2.10. The quantitative estimate of drug-likeness (QED) is 0.794. The van der Waals surface area contributed by atoms with Crippen LogP contribution in [0.2, 0.25) is 0 Å². The summed E-state index contributed by atoms with van der Waals surface area (Å²) in [5.74, 6) is 1.46. The van der Waals surface area contributed by atoms with Gasteiger partial charge in [0, 0.05) is 6.61 Å². The van der Waals surface area contributed by atoms with Gasteiger partial charge >= 0.3 is 0 Å². The van der Waals surface area contributed by atoms with Gasteiger partial charge in [-0.25, -0.2) is 0 Å². The third-order valence-corrected chi connectivity index (χ3v) is 3.03. The first-order chi connectivity index (χ1) is 6.85. The summed E-state index contributed by atoms with van der Waals surface area (Å²) in [6, 6.07) is 6.27. The molecule has 0 saturated carbocycles. The number of aliphatic hydroxyl groups excluding tert-OH is 1. The van der Waals surface area contributed by atoms with Crippen LogP contribution in [0.3, 0.4) is 0 Å². The van der Waals surface area contributed by atoms with Crippen LogP contribution in [0.4, 0.5) is 0 Å². The van der Waals surface area contributed by atoms with Gasteiger partial charge in [0.05, 0.1) is 7.11 Å². The molecule has 1 N–H and O–H groups in total. The second kappa shape index (κ2) is 4.01. The van der Waals surface area contributed by atoms with Gasteiger partial charge < -0.3 is 9.84 Å². The second-order valence-electron chi connectivity index (χ2n) is 3.81. The average molecular weight is 192 g/mol. The molecule has 0 aromatic heterocycles. The molecular weight excluding hydrogens is 176 g/mol. The molecule has 0 radical (unpaired) electrons. The molecule has 1 aliphatic carbocycles. The Morgan fingerprint density at radius 3 is 3.07 bits per heavy atom. The van der Waals surface area contributed by atoms with Crippen LogP contribution in [0.15, 0.2) is 18.2 Å². The Morgan fingerprint density at radius 1 is 1.50 bits per heavy atom. The fourth-order valence-electron chi connectivity index (χ4n) is 2.25. The first kappa shape index (κ1) is 9.53. The first-order valence-electron chi connectivity index (χ1n) is 5.13. The Balaban J connectivity index is 2.27. The smallest absolute Gasteiger partial charge is 0.119 e. The zero-order chi connectivity index (χ0) is 9.97. The van der Waals surface area contributed by atoms with Crippen molar-refractivity contribution in [1.29, 1.82) is 0 Å². The van der Waals surface area contributed by atoms with E-state index < -0.39 is 0 Å². The van der Waals surface area contributed by atoms with Crippen LogP contribution in [0, 0.1) is 0 Å². The van der Waals surface area contributed by atoms with Gasteiger partial charge in [0.2, 0.25) is 0 Å². The van der Waals surface area contributed by atoms with E-state index in [0.29, 0.717) is 5.92 Å². The van der Waals surface area contributed by atoms with Crippen molar-refractivity contribution in [3.8, 4) is 5.75 Å². The van der Waals surface area contributed by atoms with Crippen molar-refractivity contribution in [2.24, 2.45) is 0 Å². The molecule has 0 unspecified atom stereocenters. The molecule has 2 nitrogen and oxygen atoms in total. The van der Waals surface area contributed by atoms with Crippen LogP contribution >= 0.6 is 0 Å². The van der Waals surface area contributed by atoms with Crippen molar-refractivity contribution in [2.75, 3.05) is 13.7 Å². The third kappa shape index (κ3) is 1.62. The van der Waals surface area contributed by atoms with E-state index in [1.807, 2.05) is 6.07 Å². The summed E-state index contributed by atoms with van der Waals surface area (Å²) in [6.45, 7) is 0.279. The number of benzene rings is 1. The molecule has 14 heavy (non-hydrogen) atoms. The van der Waals surface area contributed by atoms with Gasteiger partial charge in [-0.05, 0) is 48.4 Å². The van der Waals surface area contributed by atoms with Gasteiger partial charge in [0.15, 0.2) is 0 Å². The highest BCUT2D eigenvalue weighted by Gasteiger charge is 2.22. The van der Waals surface area contributed by atoms with Gasteiger partial charge in [-0.3, -0.25) is 0 Å². The van der Waals surface area contributed by atoms with Gasteiger partial charge in [0.25, 0.3) is 0 Å². The fourth-order valence-corrected chi connectivity index (χ4v) is 2.25. The molecule has 1 aliphatic rings. The molecule has 0 spiro atoms. The summed E-state index contributed by atoms with van der Waals surface area (Å²) in [7, 11) is 1.69. The highest BCUT2D eigenvalue weighted by atomic mass is 16.5. The van der Waals surface area contributed by atoms with E-state index in [4.69, 9.17) is 9.84 Å². The van der Waals surface area contributed by atoms with Crippen molar-refractivity contribution in [3.63, 3.8) is 0 Å². The first-order valence-corrected chi connectivity index (χ1v) is 5.13. The molecule has 76 valence electrons. The lowest BCUT2D eigenvalue weighted by atomic mass is 9.98. The average Bonchev–Trinajstić information content (AvgIpc) is 2.61. The number of fused-ring (bicyclic) bond motifs is 1. The standard InChI is InChI=1S/C12H16O2/c1-14-11-5-4-9-2-3-10(6-7-13)12(9)8-11/h4-5,8,10,13H,2-3,6-7H2,1H3/t10-/m0/s1. The fraction of sp³-hybridized carbons (Fsp3) is 0.500. The Labute approximate surface area is 84.5 Å². The van der Waals surface area contributed by atoms with Crippen molar-refractivity contribution in [1.82, 2.24) is 0 Å². The minimum atomic E-state index is 0.279. The SMILES string of the molecule is COc1ccc2c(c1)[C@H](CCO)CC2. The van der Waals surface area contributed by atoms with Crippen LogP contribution in [-0.4, -0.2) is 18.8 Å². The lowest BCUT2D eigenvalue weighted by Crippen LogP contribution is -1.97. The van der Waals surface area contributed by atoms with Crippen molar-refractivity contribution < 1.29 is 9.84 Å². The molecular formula is C12H16O2. The number of rotatable bonds is 3. The highest BCUT2D eigenvalue weighted by Crippen LogP contribution is 2.37. The van der Waals surface area contributed by atoms with E-state index in [-0.39, 0.29) is 6.61 Å². The molecule has 0 saturated heterocycles. The highest BCUT2D eigenvalue weighted by molar-refractivity contribution is 5.41. The number of hydrogen-bond acceptors (Lipinski definition) is 2. The van der Waals surface area contributed by atoms with Crippen molar-refractivity contribution in [2.45, 2.75) is 25.2 Å². The molecule has 0 aliphatic heterocycles. The molecule has 0 bridgehead atoms. The van der Waals surface area contributed by atoms with E-state index in [9.17, 15) is 0 Å². The maximum Gasteiger partial charge on any atom is 0.119 e. The van der Waals surface area contributed by atoms with Crippen molar-refractivity contribution >= 4 is 0 Å². The number of ether oxygens (including phenoxy) is 1. The zero-order valence-corrected chi connectivity index (χ0v) is 8.49. The van der Waals surface area contributed by atoms with Crippen LogP contribution in [0.1, 0.15) is 29.9 Å². The number of hydrogen-bond donors (Lipinski definition) is 1. The van der Waals surface area contributed by atoms with Gasteiger partial charge in [-0.1, -0.05) is 6.07 Å². The topological polar surface area (TPSA) is 29.5 Å². The molecule has 1 aromatic rings. The van der Waals surface area contributed by atoms with Crippen LogP contribution < -0.4 is 4.74 Å². The van der Waals surface area contributed by atoms with E-state index >= 15 is 0 Å². The molecule has 2 rings (SSSR count). The lowest BCUT2D eigenvalue weighted by molar-refractivity contribution is 0.275. The third-order valence-electron chi connectivity index (χ3n) is 3.03. The Hall–Kier alpha value is -1.02. The molecule has 2 heteroatoms. The minimum absolute atomic E-state index is 0.279. The monoisotopic (exact) mass is 192 g/mol. The van der Waals surface area contributed by atoms with E-state index in [0.717, 1.165) is 18.6 Å². The Morgan fingerprint density at radius 2 is 2.36 bits per heavy atom. The normalized spacial score (nSPS) is 19.4. The summed E-state index contributed by atoms with van der Waals surface area (Å²) in [6.07, 6.45) is 3.19. The molecule has 0 amide bonds. The summed E-state index contributed by atoms with van der Waals surface area (Å²) in [4.78, 5) is 0. The summed E-state index contributed by atoms with van der Waals surface area (Å²) in [5, 5.41) is 8.95. The van der Waals surface area contributed by atoms with Crippen LogP contribution in [0.5, 0.6) is 5.75 Å².